The number of esters is 1. The number of carbonyl (C=O) groups is 1. The highest BCUT2D eigenvalue weighted by atomic mass is 32.1. The van der Waals surface area contributed by atoms with Crippen LogP contribution in [-0.2, 0) is 4.74 Å². The summed E-state index contributed by atoms with van der Waals surface area (Å²) in [4.78, 5) is 17.2. The van der Waals surface area contributed by atoms with E-state index in [0.29, 0.717) is 21.2 Å². The summed E-state index contributed by atoms with van der Waals surface area (Å²) in [6.45, 7) is 1.89. The van der Waals surface area contributed by atoms with Crippen LogP contribution in [-0.4, -0.2) is 18.1 Å². The summed E-state index contributed by atoms with van der Waals surface area (Å²) >= 11 is 1.23. The van der Waals surface area contributed by atoms with E-state index in [1.807, 2.05) is 19.1 Å². The minimum Gasteiger partial charge on any atom is -0.465 e. The Morgan fingerprint density at radius 2 is 2.30 bits per heavy atom. The van der Waals surface area contributed by atoms with Gasteiger partial charge in [-0.2, -0.15) is 0 Å². The topological polar surface area (TPSA) is 78.3 Å². The van der Waals surface area contributed by atoms with Crippen LogP contribution in [0, 0.1) is 6.92 Å². The number of nitrogens with two attached hydrogens (primary N) is 1. The van der Waals surface area contributed by atoms with E-state index in [9.17, 15) is 4.79 Å². The van der Waals surface area contributed by atoms with Crippen LogP contribution >= 0.6 is 11.3 Å². The van der Waals surface area contributed by atoms with Gasteiger partial charge in [0.15, 0.2) is 0 Å². The Bertz CT molecular complexity index is 790. The third kappa shape index (κ3) is 1.85. The predicted molar refractivity (Wildman–Crippen MR) is 77.8 cm³/mol. The van der Waals surface area contributed by atoms with Gasteiger partial charge in [0.25, 0.3) is 0 Å². The van der Waals surface area contributed by atoms with Crippen molar-refractivity contribution in [2.45, 2.75) is 6.92 Å². The quantitative estimate of drug-likeness (QED) is 0.732. The van der Waals surface area contributed by atoms with Crippen molar-refractivity contribution in [1.82, 2.24) is 4.98 Å². The first-order valence-electron chi connectivity index (χ1n) is 5.93. The fraction of sp³-hybridized carbons (Fsp3) is 0.143. The summed E-state index contributed by atoms with van der Waals surface area (Å²) in [6.07, 6.45) is 1.60. The Balaban J connectivity index is 2.35. The zero-order valence-corrected chi connectivity index (χ0v) is 11.8. The summed E-state index contributed by atoms with van der Waals surface area (Å²) < 4.78 is 10.2. The number of thiophene rings is 1. The molecule has 0 radical (unpaired) electrons. The van der Waals surface area contributed by atoms with Crippen LogP contribution in [0.15, 0.2) is 28.9 Å². The molecule has 20 heavy (non-hydrogen) atoms. The van der Waals surface area contributed by atoms with Crippen LogP contribution in [0.1, 0.15) is 15.4 Å². The van der Waals surface area contributed by atoms with E-state index in [1.54, 1.807) is 12.3 Å². The Kier molecular flexibility index (Phi) is 2.94. The number of nitrogen functional groups attached to an aromatic ring is 1. The Hall–Kier alpha value is -2.34. The molecule has 0 spiro atoms. The van der Waals surface area contributed by atoms with Crippen molar-refractivity contribution in [2.75, 3.05) is 12.8 Å². The van der Waals surface area contributed by atoms with E-state index >= 15 is 0 Å². The number of hydrogen-bond donors (Lipinski definition) is 1. The molecule has 3 aromatic heterocycles. The van der Waals surface area contributed by atoms with Gasteiger partial charge in [0.1, 0.15) is 15.5 Å². The molecule has 0 bridgehead atoms. The number of pyridine rings is 1. The Labute approximate surface area is 119 Å². The van der Waals surface area contributed by atoms with Crippen LogP contribution in [0.2, 0.25) is 0 Å². The number of carbonyl (C=O) groups excluding carboxylic acids is 1. The molecule has 102 valence electrons. The number of aryl methyl sites for hydroxylation is 1. The van der Waals surface area contributed by atoms with Gasteiger partial charge in [0, 0.05) is 16.6 Å². The molecule has 5 nitrogen and oxygen atoms in total. The normalized spacial score (nSPS) is 10.9. The van der Waals surface area contributed by atoms with E-state index in [-0.39, 0.29) is 0 Å². The molecule has 0 saturated carbocycles. The number of rotatable bonds is 2. The van der Waals surface area contributed by atoms with Gasteiger partial charge in [-0.05, 0) is 25.1 Å². The molecule has 0 aliphatic carbocycles. The SMILES string of the molecule is COC(=O)c1sc2nc(C)cc(-c3ccco3)c2c1N. The van der Waals surface area contributed by atoms with Crippen LogP contribution in [0.25, 0.3) is 21.5 Å². The molecule has 3 rings (SSSR count). The molecule has 0 unspecified atom stereocenters. The number of anilines is 1. The first kappa shape index (κ1) is 12.7. The summed E-state index contributed by atoms with van der Waals surface area (Å²) in [5.74, 6) is 0.245. The molecule has 0 atom stereocenters. The number of ether oxygens (including phenoxy) is 1. The average molecular weight is 288 g/mol. The first-order valence-corrected chi connectivity index (χ1v) is 6.75. The van der Waals surface area contributed by atoms with Crippen molar-refractivity contribution in [3.8, 4) is 11.3 Å². The second-order valence-corrected chi connectivity index (χ2v) is 5.30. The van der Waals surface area contributed by atoms with Crippen molar-refractivity contribution >= 4 is 33.2 Å². The maximum Gasteiger partial charge on any atom is 0.350 e. The summed E-state index contributed by atoms with van der Waals surface area (Å²) in [7, 11) is 1.33. The van der Waals surface area contributed by atoms with Gasteiger partial charge in [0.05, 0.1) is 19.1 Å². The second-order valence-electron chi connectivity index (χ2n) is 4.31. The maximum atomic E-state index is 11.7. The molecule has 0 aliphatic heterocycles. The number of methoxy groups -OCH3 is 1. The fourth-order valence-corrected chi connectivity index (χ4v) is 3.20. The van der Waals surface area contributed by atoms with Gasteiger partial charge in [-0.25, -0.2) is 9.78 Å². The smallest absolute Gasteiger partial charge is 0.350 e. The lowest BCUT2D eigenvalue weighted by atomic mass is 10.1. The summed E-state index contributed by atoms with van der Waals surface area (Å²) in [6, 6.07) is 5.55. The van der Waals surface area contributed by atoms with Gasteiger partial charge >= 0.3 is 5.97 Å². The molecule has 3 aromatic rings. The maximum absolute atomic E-state index is 11.7. The summed E-state index contributed by atoms with van der Waals surface area (Å²) in [5.41, 5.74) is 8.15. The van der Waals surface area contributed by atoms with Gasteiger partial charge in [-0.1, -0.05) is 0 Å². The van der Waals surface area contributed by atoms with Crippen LogP contribution in [0.3, 0.4) is 0 Å². The lowest BCUT2D eigenvalue weighted by molar-refractivity contribution is 0.0607. The van der Waals surface area contributed by atoms with E-state index in [2.05, 4.69) is 4.98 Å². The molecule has 0 aromatic carbocycles. The lowest BCUT2D eigenvalue weighted by Gasteiger charge is -2.03. The van der Waals surface area contributed by atoms with Crippen molar-refractivity contribution in [3.63, 3.8) is 0 Å². The van der Waals surface area contributed by atoms with Gasteiger partial charge in [-0.15, -0.1) is 11.3 Å². The highest BCUT2D eigenvalue weighted by Crippen LogP contribution is 2.39. The van der Waals surface area contributed by atoms with E-state index in [1.165, 1.54) is 18.4 Å². The standard InChI is InChI=1S/C14H12N2O3S/c1-7-6-8(9-4-3-5-19-9)10-11(15)12(14(17)18-2)20-13(10)16-7/h3-6H,15H2,1-2H3. The molecule has 0 fully saturated rings. The molecule has 0 aliphatic rings. The van der Waals surface area contributed by atoms with Crippen molar-refractivity contribution in [3.05, 3.63) is 35.0 Å². The molecular weight excluding hydrogens is 276 g/mol. The van der Waals surface area contributed by atoms with E-state index < -0.39 is 5.97 Å². The number of aromatic nitrogens is 1. The van der Waals surface area contributed by atoms with E-state index in [4.69, 9.17) is 14.9 Å². The summed E-state index contributed by atoms with van der Waals surface area (Å²) in [5, 5.41) is 0.732. The predicted octanol–water partition coefficient (Wildman–Crippen LogP) is 3.23. The lowest BCUT2D eigenvalue weighted by Crippen LogP contribution is -2.01. The number of nitrogens with zero attached hydrogens (tertiary/aromatic N) is 1. The fourth-order valence-electron chi connectivity index (χ4n) is 2.11. The molecule has 0 amide bonds. The number of hydrogen-bond acceptors (Lipinski definition) is 6. The first-order chi connectivity index (χ1) is 9.61. The Morgan fingerprint density at radius 1 is 1.50 bits per heavy atom. The van der Waals surface area contributed by atoms with E-state index in [0.717, 1.165) is 16.6 Å². The van der Waals surface area contributed by atoms with Gasteiger partial charge < -0.3 is 14.9 Å². The largest absolute Gasteiger partial charge is 0.465 e. The highest BCUT2D eigenvalue weighted by molar-refractivity contribution is 7.21. The van der Waals surface area contributed by atoms with Gasteiger partial charge in [-0.3, -0.25) is 0 Å². The molecule has 3 heterocycles. The molecule has 2 N–H and O–H groups in total. The zero-order chi connectivity index (χ0) is 14.3. The zero-order valence-electron chi connectivity index (χ0n) is 11.0. The molecule has 6 heteroatoms. The third-order valence-corrected chi connectivity index (χ3v) is 4.06. The third-order valence-electron chi connectivity index (χ3n) is 2.98. The van der Waals surface area contributed by atoms with Crippen LogP contribution in [0.4, 0.5) is 5.69 Å². The second kappa shape index (κ2) is 4.64. The number of furan rings is 1. The van der Waals surface area contributed by atoms with Crippen LogP contribution in [0.5, 0.6) is 0 Å². The number of fused-ring (bicyclic) bond motifs is 1. The van der Waals surface area contributed by atoms with Crippen molar-refractivity contribution in [2.24, 2.45) is 0 Å². The molecule has 0 saturated heterocycles. The Morgan fingerprint density at radius 3 is 2.95 bits per heavy atom. The van der Waals surface area contributed by atoms with Crippen molar-refractivity contribution in [1.29, 1.82) is 0 Å². The van der Waals surface area contributed by atoms with Crippen molar-refractivity contribution < 1.29 is 13.9 Å². The van der Waals surface area contributed by atoms with Crippen LogP contribution < -0.4 is 5.73 Å². The molecular formula is C14H12N2O3S. The minimum absolute atomic E-state index is 0.369. The highest BCUT2D eigenvalue weighted by Gasteiger charge is 2.21. The average Bonchev–Trinajstić information content (AvgIpc) is 3.05. The monoisotopic (exact) mass is 288 g/mol. The van der Waals surface area contributed by atoms with Gasteiger partial charge in [0.2, 0.25) is 0 Å². The minimum atomic E-state index is -0.450.